The predicted molar refractivity (Wildman–Crippen MR) is 74.0 cm³/mol. The van der Waals surface area contributed by atoms with Crippen molar-refractivity contribution in [2.45, 2.75) is 32.7 Å². The maximum absolute atomic E-state index is 8.69. The fraction of sp³-hybridized carbons (Fsp3) is 0.692. The van der Waals surface area contributed by atoms with Gasteiger partial charge < -0.3 is 10.9 Å². The molecule has 1 aromatic rings. The van der Waals surface area contributed by atoms with Gasteiger partial charge in [0.15, 0.2) is 0 Å². The number of rotatable bonds is 4. The number of hydrogen-bond donors (Lipinski definition) is 2. The highest BCUT2D eigenvalue weighted by Gasteiger charge is 2.22. The van der Waals surface area contributed by atoms with Gasteiger partial charge in [0.1, 0.15) is 5.84 Å². The largest absolute Gasteiger partial charge is 0.409 e. The van der Waals surface area contributed by atoms with Gasteiger partial charge in [-0.2, -0.15) is 5.10 Å². The highest BCUT2D eigenvalue weighted by Crippen LogP contribution is 2.19. The van der Waals surface area contributed by atoms with Crippen LogP contribution in [0.25, 0.3) is 0 Å². The molecule has 1 saturated heterocycles. The maximum atomic E-state index is 8.69. The van der Waals surface area contributed by atoms with Gasteiger partial charge >= 0.3 is 0 Å². The summed E-state index contributed by atoms with van der Waals surface area (Å²) in [5.41, 5.74) is 8.05. The zero-order chi connectivity index (χ0) is 13.8. The second kappa shape index (κ2) is 6.06. The van der Waals surface area contributed by atoms with Crippen molar-refractivity contribution in [3.63, 3.8) is 0 Å². The van der Waals surface area contributed by atoms with E-state index in [1.165, 1.54) is 5.69 Å². The van der Waals surface area contributed by atoms with Gasteiger partial charge in [-0.1, -0.05) is 12.1 Å². The summed E-state index contributed by atoms with van der Waals surface area (Å²) < 4.78 is 1.97. The van der Waals surface area contributed by atoms with Gasteiger partial charge in [-0.05, 0) is 38.4 Å². The minimum atomic E-state index is 0.221. The number of likely N-dealkylation sites (tertiary alicyclic amines) is 1. The molecular formula is C13H23N5O. The van der Waals surface area contributed by atoms with E-state index < -0.39 is 0 Å². The van der Waals surface area contributed by atoms with Crippen molar-refractivity contribution in [2.75, 3.05) is 13.1 Å². The molecule has 0 aromatic carbocycles. The molecule has 6 heteroatoms. The van der Waals surface area contributed by atoms with Crippen LogP contribution in [0.3, 0.4) is 0 Å². The van der Waals surface area contributed by atoms with Crippen molar-refractivity contribution >= 4 is 5.84 Å². The molecule has 6 nitrogen and oxygen atoms in total. The molecule has 0 radical (unpaired) electrons. The number of amidine groups is 1. The zero-order valence-corrected chi connectivity index (χ0v) is 11.7. The van der Waals surface area contributed by atoms with E-state index in [1.54, 1.807) is 0 Å². The Balaban J connectivity index is 1.90. The summed E-state index contributed by atoms with van der Waals surface area (Å²) in [6.07, 6.45) is 2.88. The Kier molecular flexibility index (Phi) is 4.42. The van der Waals surface area contributed by atoms with Gasteiger partial charge in [-0.15, -0.1) is 0 Å². The number of oxime groups is 1. The third-order valence-corrected chi connectivity index (χ3v) is 3.90. The standard InChI is InChI=1S/C13H23N5O/c1-3-11-8-12(17(2)15-11)9-18-6-4-10(5-7-18)13(14)16-19/h8,10,19H,3-7,9H2,1-2H3,(H2,14,16). The van der Waals surface area contributed by atoms with Gasteiger partial charge in [0.05, 0.1) is 11.4 Å². The van der Waals surface area contributed by atoms with Crippen molar-refractivity contribution in [1.29, 1.82) is 0 Å². The van der Waals surface area contributed by atoms with E-state index >= 15 is 0 Å². The normalized spacial score (nSPS) is 18.9. The van der Waals surface area contributed by atoms with Crippen LogP contribution in [0.2, 0.25) is 0 Å². The Morgan fingerprint density at radius 2 is 2.21 bits per heavy atom. The molecule has 0 spiro atoms. The van der Waals surface area contributed by atoms with Crippen LogP contribution in [0, 0.1) is 5.92 Å². The van der Waals surface area contributed by atoms with Crippen molar-refractivity contribution in [3.05, 3.63) is 17.5 Å². The molecule has 1 aliphatic heterocycles. The van der Waals surface area contributed by atoms with Gasteiger partial charge in [0.25, 0.3) is 0 Å². The Hall–Kier alpha value is -1.56. The average Bonchev–Trinajstić information content (AvgIpc) is 2.79. The summed E-state index contributed by atoms with van der Waals surface area (Å²) in [5.74, 6) is 0.590. The van der Waals surface area contributed by atoms with Crippen molar-refractivity contribution in [1.82, 2.24) is 14.7 Å². The Bertz CT molecular complexity index is 446. The van der Waals surface area contributed by atoms with Crippen molar-refractivity contribution in [3.8, 4) is 0 Å². The number of nitrogens with zero attached hydrogens (tertiary/aromatic N) is 4. The lowest BCUT2D eigenvalue weighted by Gasteiger charge is -2.31. The number of nitrogens with two attached hydrogens (primary N) is 1. The lowest BCUT2D eigenvalue weighted by Crippen LogP contribution is -2.38. The van der Waals surface area contributed by atoms with Gasteiger partial charge in [0, 0.05) is 19.5 Å². The number of aryl methyl sites for hydroxylation is 2. The predicted octanol–water partition coefficient (Wildman–Crippen LogP) is 0.941. The minimum absolute atomic E-state index is 0.221. The van der Waals surface area contributed by atoms with E-state index in [-0.39, 0.29) is 5.92 Å². The second-order valence-corrected chi connectivity index (χ2v) is 5.18. The number of piperidine rings is 1. The SMILES string of the molecule is CCc1cc(CN2CCC(C(N)=NO)CC2)n(C)n1. The summed E-state index contributed by atoms with van der Waals surface area (Å²) in [6.45, 7) is 5.00. The molecule has 2 heterocycles. The molecule has 106 valence electrons. The van der Waals surface area contributed by atoms with Crippen molar-refractivity contribution in [2.24, 2.45) is 23.9 Å². The first-order valence-corrected chi connectivity index (χ1v) is 6.85. The fourth-order valence-corrected chi connectivity index (χ4v) is 2.59. The van der Waals surface area contributed by atoms with Gasteiger partial charge in [-0.3, -0.25) is 9.58 Å². The molecule has 19 heavy (non-hydrogen) atoms. The van der Waals surface area contributed by atoms with Crippen LogP contribution in [0.4, 0.5) is 0 Å². The lowest BCUT2D eigenvalue weighted by atomic mass is 9.96. The van der Waals surface area contributed by atoms with Gasteiger partial charge in [-0.25, -0.2) is 0 Å². The van der Waals surface area contributed by atoms with Crippen LogP contribution >= 0.6 is 0 Å². The van der Waals surface area contributed by atoms with E-state index in [2.05, 4.69) is 28.1 Å². The fourth-order valence-electron chi connectivity index (χ4n) is 2.59. The summed E-state index contributed by atoms with van der Waals surface area (Å²) in [5, 5.41) is 16.3. The van der Waals surface area contributed by atoms with Crippen LogP contribution in [0.15, 0.2) is 11.2 Å². The highest BCUT2D eigenvalue weighted by molar-refractivity contribution is 5.82. The molecule has 0 atom stereocenters. The topological polar surface area (TPSA) is 79.7 Å². The number of aromatic nitrogens is 2. The summed E-state index contributed by atoms with van der Waals surface area (Å²) in [4.78, 5) is 2.40. The Morgan fingerprint density at radius 1 is 1.53 bits per heavy atom. The first kappa shape index (κ1) is 13.9. The molecule has 0 bridgehead atoms. The smallest absolute Gasteiger partial charge is 0.142 e. The molecule has 2 rings (SSSR count). The molecule has 0 amide bonds. The Labute approximate surface area is 113 Å². The summed E-state index contributed by atoms with van der Waals surface area (Å²) in [7, 11) is 2.00. The molecule has 1 aliphatic rings. The molecule has 1 fully saturated rings. The van der Waals surface area contributed by atoms with Crippen LogP contribution in [-0.4, -0.2) is 38.8 Å². The average molecular weight is 265 g/mol. The lowest BCUT2D eigenvalue weighted by molar-refractivity contribution is 0.194. The third kappa shape index (κ3) is 3.26. The number of hydrogen-bond acceptors (Lipinski definition) is 4. The zero-order valence-electron chi connectivity index (χ0n) is 11.7. The molecule has 0 unspecified atom stereocenters. The second-order valence-electron chi connectivity index (χ2n) is 5.18. The molecule has 0 saturated carbocycles. The minimum Gasteiger partial charge on any atom is -0.409 e. The molecule has 3 N–H and O–H groups in total. The van der Waals surface area contributed by atoms with Crippen molar-refractivity contribution < 1.29 is 5.21 Å². The van der Waals surface area contributed by atoms with Crippen LogP contribution in [0.1, 0.15) is 31.2 Å². The first-order valence-electron chi connectivity index (χ1n) is 6.85. The highest BCUT2D eigenvalue weighted by atomic mass is 16.4. The summed E-state index contributed by atoms with van der Waals surface area (Å²) in [6, 6.07) is 2.18. The van der Waals surface area contributed by atoms with E-state index in [1.807, 2.05) is 11.7 Å². The summed E-state index contributed by atoms with van der Waals surface area (Å²) >= 11 is 0. The van der Waals surface area contributed by atoms with E-state index in [4.69, 9.17) is 10.9 Å². The van der Waals surface area contributed by atoms with E-state index in [9.17, 15) is 0 Å². The first-order chi connectivity index (χ1) is 9.13. The molecule has 0 aliphatic carbocycles. The van der Waals surface area contributed by atoms with E-state index in [0.29, 0.717) is 5.84 Å². The molecular weight excluding hydrogens is 242 g/mol. The van der Waals surface area contributed by atoms with E-state index in [0.717, 1.165) is 44.6 Å². The van der Waals surface area contributed by atoms with Crippen LogP contribution < -0.4 is 5.73 Å². The quantitative estimate of drug-likeness (QED) is 0.367. The third-order valence-electron chi connectivity index (χ3n) is 3.90. The van der Waals surface area contributed by atoms with Crippen LogP contribution in [-0.2, 0) is 20.0 Å². The maximum Gasteiger partial charge on any atom is 0.142 e. The van der Waals surface area contributed by atoms with Gasteiger partial charge in [0.2, 0.25) is 0 Å². The molecule has 1 aromatic heterocycles. The monoisotopic (exact) mass is 265 g/mol. The Morgan fingerprint density at radius 3 is 2.74 bits per heavy atom. The van der Waals surface area contributed by atoms with Crippen LogP contribution in [0.5, 0.6) is 0 Å².